The monoisotopic (exact) mass is 312 g/mol. The molecule has 2 aromatic rings. The molecule has 0 saturated heterocycles. The van der Waals surface area contributed by atoms with Crippen LogP contribution in [0.4, 0.5) is 0 Å². The van der Waals surface area contributed by atoms with Crippen molar-refractivity contribution in [1.82, 2.24) is 19.7 Å². The predicted octanol–water partition coefficient (Wildman–Crippen LogP) is 2.34. The zero-order valence-electron chi connectivity index (χ0n) is 13.7. The quantitative estimate of drug-likeness (QED) is 0.821. The molecule has 1 aliphatic carbocycles. The zero-order valence-corrected chi connectivity index (χ0v) is 13.7. The summed E-state index contributed by atoms with van der Waals surface area (Å²) in [6.07, 6.45) is 8.43. The van der Waals surface area contributed by atoms with E-state index in [0.717, 1.165) is 38.8 Å². The van der Waals surface area contributed by atoms with Gasteiger partial charge in [-0.15, -0.1) is 0 Å². The molecule has 2 aliphatic rings. The number of nitrogens with zero attached hydrogens (tertiary/aromatic N) is 4. The van der Waals surface area contributed by atoms with Crippen LogP contribution in [0.3, 0.4) is 0 Å². The first-order chi connectivity index (χ1) is 11.3. The Hall–Kier alpha value is -1.72. The second-order valence-electron chi connectivity index (χ2n) is 6.88. The van der Waals surface area contributed by atoms with E-state index in [1.165, 1.54) is 29.7 Å². The van der Waals surface area contributed by atoms with E-state index in [0.29, 0.717) is 5.92 Å². The summed E-state index contributed by atoms with van der Waals surface area (Å²) in [5, 5.41) is 4.47. The topological polar surface area (TPSA) is 43.2 Å². The standard InChI is InChI=1S/C18H24N4O/c1-21-18-16(8-20-21)10-22(9-14-4-6-19-7-5-14)11-17(18)13-23-12-15-2-3-15/h4-8,15,17H,2-3,9-13H2,1H3. The normalized spacial score (nSPS) is 21.3. The van der Waals surface area contributed by atoms with Crippen molar-refractivity contribution in [1.29, 1.82) is 0 Å². The van der Waals surface area contributed by atoms with Crippen LogP contribution >= 0.6 is 0 Å². The van der Waals surface area contributed by atoms with Gasteiger partial charge in [0.05, 0.1) is 12.8 Å². The molecule has 4 rings (SSSR count). The van der Waals surface area contributed by atoms with E-state index in [1.54, 1.807) is 0 Å². The van der Waals surface area contributed by atoms with Crippen molar-refractivity contribution in [2.45, 2.75) is 31.8 Å². The Morgan fingerprint density at radius 2 is 2.04 bits per heavy atom. The number of hydrogen-bond donors (Lipinski definition) is 0. The molecule has 0 bridgehead atoms. The molecule has 1 unspecified atom stereocenters. The molecular weight excluding hydrogens is 288 g/mol. The van der Waals surface area contributed by atoms with Gasteiger partial charge >= 0.3 is 0 Å². The van der Waals surface area contributed by atoms with Crippen molar-refractivity contribution in [3.8, 4) is 0 Å². The van der Waals surface area contributed by atoms with E-state index in [1.807, 2.05) is 30.3 Å². The highest BCUT2D eigenvalue weighted by Gasteiger charge is 2.29. The average molecular weight is 312 g/mol. The number of aryl methyl sites for hydroxylation is 1. The fraction of sp³-hybridized carbons (Fsp3) is 0.556. The third-order valence-electron chi connectivity index (χ3n) is 4.85. The summed E-state index contributed by atoms with van der Waals surface area (Å²) >= 11 is 0. The van der Waals surface area contributed by atoms with Gasteiger partial charge in [0.2, 0.25) is 0 Å². The SMILES string of the molecule is Cn1ncc2c1C(COCC1CC1)CN(Cc1ccncc1)C2. The van der Waals surface area contributed by atoms with Crippen LogP contribution in [-0.2, 0) is 24.9 Å². The molecule has 0 aromatic carbocycles. The van der Waals surface area contributed by atoms with Crippen LogP contribution in [0.2, 0.25) is 0 Å². The molecule has 2 aromatic heterocycles. The van der Waals surface area contributed by atoms with E-state index in [2.05, 4.69) is 27.1 Å². The predicted molar refractivity (Wildman–Crippen MR) is 87.8 cm³/mol. The Morgan fingerprint density at radius 1 is 1.22 bits per heavy atom. The van der Waals surface area contributed by atoms with Gasteiger partial charge in [0.15, 0.2) is 0 Å². The molecule has 0 N–H and O–H groups in total. The lowest BCUT2D eigenvalue weighted by molar-refractivity contribution is 0.0870. The highest BCUT2D eigenvalue weighted by atomic mass is 16.5. The van der Waals surface area contributed by atoms with Crippen molar-refractivity contribution in [2.24, 2.45) is 13.0 Å². The lowest BCUT2D eigenvalue weighted by Crippen LogP contribution is -2.35. The van der Waals surface area contributed by atoms with E-state index in [9.17, 15) is 0 Å². The van der Waals surface area contributed by atoms with Gasteiger partial charge in [-0.2, -0.15) is 5.10 Å². The lowest BCUT2D eigenvalue weighted by atomic mass is 9.96. The number of rotatable bonds is 6. The molecule has 3 heterocycles. The Kier molecular flexibility index (Phi) is 4.14. The minimum Gasteiger partial charge on any atom is -0.380 e. The van der Waals surface area contributed by atoms with E-state index in [-0.39, 0.29) is 0 Å². The second kappa shape index (κ2) is 6.42. The highest BCUT2D eigenvalue weighted by molar-refractivity contribution is 5.25. The van der Waals surface area contributed by atoms with E-state index >= 15 is 0 Å². The summed E-state index contributed by atoms with van der Waals surface area (Å²) in [5.74, 6) is 1.23. The van der Waals surface area contributed by atoms with E-state index in [4.69, 9.17) is 4.74 Å². The molecular formula is C18H24N4O. The highest BCUT2D eigenvalue weighted by Crippen LogP contribution is 2.31. The molecule has 5 nitrogen and oxygen atoms in total. The van der Waals surface area contributed by atoms with Gasteiger partial charge in [0.25, 0.3) is 0 Å². The lowest BCUT2D eigenvalue weighted by Gasteiger charge is -2.33. The van der Waals surface area contributed by atoms with Gasteiger partial charge in [0.1, 0.15) is 0 Å². The van der Waals surface area contributed by atoms with Crippen LogP contribution in [0.1, 0.15) is 35.6 Å². The molecule has 1 atom stereocenters. The molecule has 1 aliphatic heterocycles. The third kappa shape index (κ3) is 3.46. The van der Waals surface area contributed by atoms with Gasteiger partial charge in [-0.3, -0.25) is 14.6 Å². The van der Waals surface area contributed by atoms with Crippen LogP contribution in [-0.4, -0.2) is 39.4 Å². The first-order valence-corrected chi connectivity index (χ1v) is 8.49. The molecule has 5 heteroatoms. The maximum absolute atomic E-state index is 6.00. The van der Waals surface area contributed by atoms with Crippen LogP contribution < -0.4 is 0 Å². The minimum atomic E-state index is 0.409. The van der Waals surface area contributed by atoms with Crippen LogP contribution in [0.25, 0.3) is 0 Å². The first kappa shape index (κ1) is 14.8. The number of pyridine rings is 1. The van der Waals surface area contributed by atoms with Crippen LogP contribution in [0.5, 0.6) is 0 Å². The van der Waals surface area contributed by atoms with Gasteiger partial charge < -0.3 is 4.74 Å². The summed E-state index contributed by atoms with van der Waals surface area (Å²) in [6, 6.07) is 4.19. The molecule has 0 amide bonds. The molecule has 0 spiro atoms. The van der Waals surface area contributed by atoms with E-state index < -0.39 is 0 Å². The van der Waals surface area contributed by atoms with Gasteiger partial charge in [-0.05, 0) is 36.5 Å². The smallest absolute Gasteiger partial charge is 0.0562 e. The largest absolute Gasteiger partial charge is 0.380 e. The number of ether oxygens (including phenoxy) is 1. The van der Waals surface area contributed by atoms with Gasteiger partial charge in [-0.1, -0.05) is 0 Å². The zero-order chi connectivity index (χ0) is 15.6. The Morgan fingerprint density at radius 3 is 2.83 bits per heavy atom. The number of fused-ring (bicyclic) bond motifs is 1. The fourth-order valence-electron chi connectivity index (χ4n) is 3.50. The maximum Gasteiger partial charge on any atom is 0.0562 e. The minimum absolute atomic E-state index is 0.409. The number of aromatic nitrogens is 3. The Bertz CT molecular complexity index is 650. The molecule has 0 radical (unpaired) electrons. The summed E-state index contributed by atoms with van der Waals surface area (Å²) in [4.78, 5) is 6.59. The van der Waals surface area contributed by atoms with Crippen molar-refractivity contribution < 1.29 is 4.74 Å². The summed E-state index contributed by atoms with van der Waals surface area (Å²) in [7, 11) is 2.05. The van der Waals surface area contributed by atoms with Gasteiger partial charge in [-0.25, -0.2) is 0 Å². The number of hydrogen-bond acceptors (Lipinski definition) is 4. The van der Waals surface area contributed by atoms with Crippen molar-refractivity contribution in [2.75, 3.05) is 19.8 Å². The van der Waals surface area contributed by atoms with Crippen LogP contribution in [0.15, 0.2) is 30.7 Å². The third-order valence-corrected chi connectivity index (χ3v) is 4.85. The fourth-order valence-corrected chi connectivity index (χ4v) is 3.50. The second-order valence-corrected chi connectivity index (χ2v) is 6.88. The van der Waals surface area contributed by atoms with Crippen molar-refractivity contribution in [3.05, 3.63) is 47.5 Å². The maximum atomic E-state index is 6.00. The van der Waals surface area contributed by atoms with Crippen molar-refractivity contribution >= 4 is 0 Å². The summed E-state index contributed by atoms with van der Waals surface area (Å²) in [5.41, 5.74) is 4.00. The summed E-state index contributed by atoms with van der Waals surface area (Å²) < 4.78 is 8.03. The molecule has 122 valence electrons. The summed E-state index contributed by atoms with van der Waals surface area (Å²) in [6.45, 7) is 4.67. The van der Waals surface area contributed by atoms with Crippen LogP contribution in [0, 0.1) is 5.92 Å². The molecule has 23 heavy (non-hydrogen) atoms. The Labute approximate surface area is 137 Å². The molecule has 1 fully saturated rings. The Balaban J connectivity index is 1.46. The average Bonchev–Trinajstić information content (AvgIpc) is 3.31. The molecule has 1 saturated carbocycles. The van der Waals surface area contributed by atoms with Crippen molar-refractivity contribution in [3.63, 3.8) is 0 Å². The van der Waals surface area contributed by atoms with Gasteiger partial charge in [0, 0.05) is 62.9 Å². The first-order valence-electron chi connectivity index (χ1n) is 8.49.